The maximum Gasteiger partial charge on any atom is 0.261 e. The summed E-state index contributed by atoms with van der Waals surface area (Å²) in [6.07, 6.45) is 4.70. The Morgan fingerprint density at radius 1 is 1.32 bits per heavy atom. The van der Waals surface area contributed by atoms with Gasteiger partial charge in [0.15, 0.2) is 5.17 Å². The van der Waals surface area contributed by atoms with Gasteiger partial charge in [0.2, 0.25) is 0 Å². The van der Waals surface area contributed by atoms with Crippen LogP contribution < -0.4 is 0 Å². The third kappa shape index (κ3) is 1.66. The fourth-order valence-electron chi connectivity index (χ4n) is 3.33. The Morgan fingerprint density at radius 3 is 3.05 bits per heavy atom. The summed E-state index contributed by atoms with van der Waals surface area (Å²) in [6, 6.07) is 6.79. The van der Waals surface area contributed by atoms with Crippen molar-refractivity contribution in [3.8, 4) is 0 Å². The van der Waals surface area contributed by atoms with Crippen LogP contribution in [-0.2, 0) is 0 Å². The summed E-state index contributed by atoms with van der Waals surface area (Å²) < 4.78 is 0. The van der Waals surface area contributed by atoms with E-state index in [1.807, 2.05) is 17.9 Å². The smallest absolute Gasteiger partial charge is 0.261 e. The molecule has 2 heterocycles. The van der Waals surface area contributed by atoms with Crippen LogP contribution in [0.2, 0.25) is 0 Å². The van der Waals surface area contributed by atoms with Gasteiger partial charge in [0, 0.05) is 4.90 Å². The zero-order chi connectivity index (χ0) is 13.0. The molecule has 1 aliphatic carbocycles. The van der Waals surface area contributed by atoms with Crippen molar-refractivity contribution in [1.82, 2.24) is 4.90 Å². The summed E-state index contributed by atoms with van der Waals surface area (Å²) in [5.74, 6) is 0.158. The van der Waals surface area contributed by atoms with E-state index in [0.717, 1.165) is 34.0 Å². The number of aryl methyl sites for hydroxylation is 1. The molecule has 1 amide bonds. The molecule has 0 aromatic heterocycles. The quantitative estimate of drug-likeness (QED) is 0.726. The normalized spacial score (nSPS) is 28.6. The van der Waals surface area contributed by atoms with E-state index < -0.39 is 0 Å². The highest BCUT2D eigenvalue weighted by Gasteiger charge is 2.44. The minimum absolute atomic E-state index is 0.158. The second-order valence-electron chi connectivity index (χ2n) is 5.61. The molecule has 1 fully saturated rings. The van der Waals surface area contributed by atoms with E-state index in [9.17, 15) is 4.79 Å². The molecule has 0 N–H and O–H groups in total. The molecule has 0 spiro atoms. The molecular weight excluding hydrogens is 256 g/mol. The summed E-state index contributed by atoms with van der Waals surface area (Å²) in [4.78, 5) is 20.6. The molecule has 3 aliphatic rings. The van der Waals surface area contributed by atoms with E-state index in [1.54, 1.807) is 11.8 Å². The zero-order valence-corrected chi connectivity index (χ0v) is 11.7. The van der Waals surface area contributed by atoms with Crippen molar-refractivity contribution in [2.75, 3.05) is 0 Å². The fraction of sp³-hybridized carbons (Fsp3) is 0.467. The van der Waals surface area contributed by atoms with Crippen LogP contribution in [0.1, 0.15) is 41.6 Å². The molecule has 0 radical (unpaired) electrons. The van der Waals surface area contributed by atoms with E-state index in [1.165, 1.54) is 12.8 Å². The number of hydrogen-bond acceptors (Lipinski definition) is 3. The van der Waals surface area contributed by atoms with Crippen LogP contribution in [0.4, 0.5) is 0 Å². The standard InChI is InChI=1S/C15H16N2OS/c1-9-6-7-13-10(8-9)14(18)17-12-5-3-2-4-11(12)16-15(17)19-13/h6-8,11-12H,2-5H2,1H3/t11-,12-/m1/s1. The van der Waals surface area contributed by atoms with Gasteiger partial charge in [-0.05, 0) is 31.9 Å². The van der Waals surface area contributed by atoms with Gasteiger partial charge in [-0.25, -0.2) is 0 Å². The topological polar surface area (TPSA) is 32.7 Å². The van der Waals surface area contributed by atoms with Gasteiger partial charge in [0.05, 0.1) is 17.6 Å². The first-order valence-corrected chi connectivity index (χ1v) is 7.75. The molecule has 3 nitrogen and oxygen atoms in total. The molecule has 1 saturated carbocycles. The van der Waals surface area contributed by atoms with Crippen LogP contribution in [0.15, 0.2) is 28.1 Å². The van der Waals surface area contributed by atoms with Crippen molar-refractivity contribution < 1.29 is 4.79 Å². The monoisotopic (exact) mass is 272 g/mol. The largest absolute Gasteiger partial charge is 0.282 e. The molecule has 0 bridgehead atoms. The van der Waals surface area contributed by atoms with E-state index in [4.69, 9.17) is 4.99 Å². The van der Waals surface area contributed by atoms with Gasteiger partial charge in [-0.1, -0.05) is 36.2 Å². The zero-order valence-electron chi connectivity index (χ0n) is 10.9. The van der Waals surface area contributed by atoms with Gasteiger partial charge >= 0.3 is 0 Å². The molecule has 1 aromatic carbocycles. The Balaban J connectivity index is 1.78. The van der Waals surface area contributed by atoms with Crippen molar-refractivity contribution >= 4 is 22.8 Å². The first-order valence-electron chi connectivity index (χ1n) is 6.94. The molecule has 2 atom stereocenters. The molecule has 1 aromatic rings. The maximum absolute atomic E-state index is 12.7. The summed E-state index contributed by atoms with van der Waals surface area (Å²) in [5, 5.41) is 0.929. The van der Waals surface area contributed by atoms with Gasteiger partial charge in [-0.15, -0.1) is 0 Å². The van der Waals surface area contributed by atoms with Crippen LogP contribution >= 0.6 is 11.8 Å². The summed E-state index contributed by atoms with van der Waals surface area (Å²) >= 11 is 1.66. The second-order valence-corrected chi connectivity index (χ2v) is 6.62. The minimum Gasteiger partial charge on any atom is -0.282 e. The van der Waals surface area contributed by atoms with Crippen LogP contribution in [0.3, 0.4) is 0 Å². The van der Waals surface area contributed by atoms with E-state index in [-0.39, 0.29) is 5.91 Å². The second kappa shape index (κ2) is 4.10. The van der Waals surface area contributed by atoms with E-state index in [0.29, 0.717) is 12.1 Å². The van der Waals surface area contributed by atoms with Crippen molar-refractivity contribution in [2.45, 2.75) is 49.6 Å². The van der Waals surface area contributed by atoms with Crippen LogP contribution in [0.25, 0.3) is 0 Å². The van der Waals surface area contributed by atoms with Crippen molar-refractivity contribution in [2.24, 2.45) is 4.99 Å². The first kappa shape index (κ1) is 11.5. The molecule has 4 rings (SSSR count). The van der Waals surface area contributed by atoms with Gasteiger partial charge in [0.25, 0.3) is 5.91 Å². The van der Waals surface area contributed by atoms with Crippen molar-refractivity contribution in [3.63, 3.8) is 0 Å². The molecule has 19 heavy (non-hydrogen) atoms. The summed E-state index contributed by atoms with van der Waals surface area (Å²) in [5.41, 5.74) is 2.00. The molecule has 0 unspecified atom stereocenters. The first-order chi connectivity index (χ1) is 9.24. The van der Waals surface area contributed by atoms with Gasteiger partial charge in [0.1, 0.15) is 0 Å². The number of carbonyl (C=O) groups is 1. The molecule has 98 valence electrons. The third-order valence-electron chi connectivity index (χ3n) is 4.29. The minimum atomic E-state index is 0.158. The van der Waals surface area contributed by atoms with E-state index in [2.05, 4.69) is 12.1 Å². The summed E-state index contributed by atoms with van der Waals surface area (Å²) in [7, 11) is 0. The fourth-order valence-corrected chi connectivity index (χ4v) is 4.42. The lowest BCUT2D eigenvalue weighted by atomic mass is 9.90. The van der Waals surface area contributed by atoms with Gasteiger partial charge in [-0.3, -0.25) is 14.7 Å². The number of nitrogens with zero attached hydrogens (tertiary/aromatic N) is 2. The number of fused-ring (bicyclic) bond motifs is 4. The molecule has 0 saturated heterocycles. The predicted molar refractivity (Wildman–Crippen MR) is 76.7 cm³/mol. The van der Waals surface area contributed by atoms with Crippen molar-refractivity contribution in [1.29, 1.82) is 0 Å². The number of thioether (sulfide) groups is 1. The number of amidine groups is 1. The number of benzene rings is 1. The number of hydrogen-bond donors (Lipinski definition) is 0. The Kier molecular flexibility index (Phi) is 2.49. The predicted octanol–water partition coefficient (Wildman–Crippen LogP) is 3.22. The van der Waals surface area contributed by atoms with Gasteiger partial charge in [-0.2, -0.15) is 0 Å². The number of aliphatic imine (C=N–C) groups is 1. The Hall–Kier alpha value is -1.29. The summed E-state index contributed by atoms with van der Waals surface area (Å²) in [6.45, 7) is 2.04. The highest BCUT2D eigenvalue weighted by Crippen LogP contribution is 2.41. The van der Waals surface area contributed by atoms with E-state index >= 15 is 0 Å². The number of rotatable bonds is 0. The lowest BCUT2D eigenvalue weighted by Crippen LogP contribution is -2.46. The van der Waals surface area contributed by atoms with Gasteiger partial charge < -0.3 is 0 Å². The van der Waals surface area contributed by atoms with Crippen LogP contribution in [-0.4, -0.2) is 28.1 Å². The number of amides is 1. The maximum atomic E-state index is 12.7. The Labute approximate surface area is 117 Å². The third-order valence-corrected chi connectivity index (χ3v) is 5.35. The Bertz CT molecular complexity index is 596. The average molecular weight is 272 g/mol. The highest BCUT2D eigenvalue weighted by molar-refractivity contribution is 8.14. The number of carbonyl (C=O) groups excluding carboxylic acids is 1. The SMILES string of the molecule is Cc1ccc2c(c1)C(=O)N1C(=N[C@@H]3CCCC[C@H]31)S2. The van der Waals surface area contributed by atoms with Crippen LogP contribution in [0, 0.1) is 6.92 Å². The Morgan fingerprint density at radius 2 is 2.16 bits per heavy atom. The van der Waals surface area contributed by atoms with Crippen LogP contribution in [0.5, 0.6) is 0 Å². The highest BCUT2D eigenvalue weighted by atomic mass is 32.2. The lowest BCUT2D eigenvalue weighted by molar-refractivity contribution is 0.0783. The molecular formula is C15H16N2OS. The molecule has 4 heteroatoms. The van der Waals surface area contributed by atoms with Crippen molar-refractivity contribution in [3.05, 3.63) is 29.3 Å². The molecule has 2 aliphatic heterocycles. The lowest BCUT2D eigenvalue weighted by Gasteiger charge is -2.33. The average Bonchev–Trinajstić information content (AvgIpc) is 2.78.